The summed E-state index contributed by atoms with van der Waals surface area (Å²) in [6.07, 6.45) is 1.75. The average Bonchev–Trinajstić information content (AvgIpc) is 3.22. The second kappa shape index (κ2) is 9.53. The van der Waals surface area contributed by atoms with Gasteiger partial charge in [-0.2, -0.15) is 5.10 Å². The minimum absolute atomic E-state index is 0.104. The molecular formula is C19H22BrFN6OS. The van der Waals surface area contributed by atoms with Crippen molar-refractivity contribution in [1.82, 2.24) is 24.5 Å². The highest BCUT2D eigenvalue weighted by molar-refractivity contribution is 9.10. The molecule has 29 heavy (non-hydrogen) atoms. The fraction of sp³-hybridized carbons (Fsp3) is 0.368. The van der Waals surface area contributed by atoms with Crippen molar-refractivity contribution in [2.24, 2.45) is 5.92 Å². The van der Waals surface area contributed by atoms with Gasteiger partial charge in [-0.3, -0.25) is 9.48 Å². The van der Waals surface area contributed by atoms with Crippen LogP contribution in [0.25, 0.3) is 0 Å². The van der Waals surface area contributed by atoms with Crippen LogP contribution in [-0.2, 0) is 17.9 Å². The van der Waals surface area contributed by atoms with Gasteiger partial charge in [0.05, 0.1) is 11.4 Å². The molecule has 1 amide bonds. The fourth-order valence-electron chi connectivity index (χ4n) is 2.70. The summed E-state index contributed by atoms with van der Waals surface area (Å²) >= 11 is 4.48. The van der Waals surface area contributed by atoms with Crippen molar-refractivity contribution >= 4 is 39.3 Å². The molecule has 154 valence electrons. The molecule has 0 fully saturated rings. The highest BCUT2D eigenvalue weighted by Gasteiger charge is 2.17. The third-order valence-electron chi connectivity index (χ3n) is 4.10. The highest BCUT2D eigenvalue weighted by atomic mass is 79.9. The van der Waals surface area contributed by atoms with E-state index in [-0.39, 0.29) is 17.3 Å². The molecule has 3 rings (SSSR count). The third-order valence-corrected chi connectivity index (χ3v) is 5.56. The first kappa shape index (κ1) is 21.5. The SMILES string of the molecule is Cc1ccnn1Cc1nnc(SCC(=O)Nc2ccc(Br)cc2F)n1CC(C)C. The summed E-state index contributed by atoms with van der Waals surface area (Å²) in [5, 5.41) is 16.1. The van der Waals surface area contributed by atoms with Crippen molar-refractivity contribution in [1.29, 1.82) is 0 Å². The van der Waals surface area contributed by atoms with Gasteiger partial charge in [0.1, 0.15) is 12.4 Å². The number of carbonyl (C=O) groups excluding carboxylic acids is 1. The number of carbonyl (C=O) groups is 1. The quantitative estimate of drug-likeness (QED) is 0.490. The third kappa shape index (κ3) is 5.66. The van der Waals surface area contributed by atoms with E-state index in [0.717, 1.165) is 18.1 Å². The highest BCUT2D eigenvalue weighted by Crippen LogP contribution is 2.22. The van der Waals surface area contributed by atoms with E-state index in [0.29, 0.717) is 22.1 Å². The predicted octanol–water partition coefficient (Wildman–Crippen LogP) is 4.12. The van der Waals surface area contributed by atoms with Gasteiger partial charge < -0.3 is 9.88 Å². The van der Waals surface area contributed by atoms with E-state index in [1.165, 1.54) is 23.9 Å². The van der Waals surface area contributed by atoms with Gasteiger partial charge in [-0.1, -0.05) is 41.5 Å². The van der Waals surface area contributed by atoms with E-state index >= 15 is 0 Å². The second-order valence-electron chi connectivity index (χ2n) is 6.99. The van der Waals surface area contributed by atoms with Crippen LogP contribution in [0.4, 0.5) is 10.1 Å². The van der Waals surface area contributed by atoms with Crippen molar-refractivity contribution in [3.63, 3.8) is 0 Å². The molecule has 0 unspecified atom stereocenters. The number of hydrogen-bond acceptors (Lipinski definition) is 5. The standard InChI is InChI=1S/C19H22BrFN6OS/c1-12(2)9-26-17(10-27-13(3)6-7-22-27)24-25-19(26)29-11-18(28)23-16-5-4-14(20)8-15(16)21/h4-8,12H,9-11H2,1-3H3,(H,23,28). The molecule has 0 aliphatic rings. The monoisotopic (exact) mass is 480 g/mol. The Labute approximate surface area is 181 Å². The largest absolute Gasteiger partial charge is 0.323 e. The van der Waals surface area contributed by atoms with Gasteiger partial charge in [0, 0.05) is 22.9 Å². The Morgan fingerprint density at radius 1 is 1.31 bits per heavy atom. The van der Waals surface area contributed by atoms with E-state index in [1.807, 2.05) is 22.2 Å². The fourth-order valence-corrected chi connectivity index (χ4v) is 3.80. The Kier molecular flexibility index (Phi) is 7.07. The number of rotatable bonds is 8. The number of hydrogen-bond donors (Lipinski definition) is 1. The molecule has 0 bridgehead atoms. The zero-order valence-corrected chi connectivity index (χ0v) is 18.8. The van der Waals surface area contributed by atoms with Gasteiger partial charge >= 0.3 is 0 Å². The summed E-state index contributed by atoms with van der Waals surface area (Å²) in [7, 11) is 0. The van der Waals surface area contributed by atoms with Crippen LogP contribution in [0.15, 0.2) is 40.1 Å². The normalized spacial score (nSPS) is 11.2. The Bertz CT molecular complexity index is 1000. The lowest BCUT2D eigenvalue weighted by molar-refractivity contribution is -0.113. The number of anilines is 1. The molecule has 3 aromatic rings. The maximum absolute atomic E-state index is 13.9. The Morgan fingerprint density at radius 2 is 2.10 bits per heavy atom. The summed E-state index contributed by atoms with van der Waals surface area (Å²) in [5.41, 5.74) is 1.19. The molecule has 1 N–H and O–H groups in total. The molecule has 0 radical (unpaired) electrons. The summed E-state index contributed by atoms with van der Waals surface area (Å²) < 4.78 is 18.4. The summed E-state index contributed by atoms with van der Waals surface area (Å²) in [6, 6.07) is 6.44. The van der Waals surface area contributed by atoms with E-state index in [2.05, 4.69) is 50.4 Å². The van der Waals surface area contributed by atoms with Crippen molar-refractivity contribution in [2.75, 3.05) is 11.1 Å². The maximum Gasteiger partial charge on any atom is 0.234 e. The minimum atomic E-state index is -0.488. The number of benzene rings is 1. The molecule has 2 aromatic heterocycles. The van der Waals surface area contributed by atoms with Gasteiger partial charge in [0.15, 0.2) is 11.0 Å². The average molecular weight is 481 g/mol. The Morgan fingerprint density at radius 3 is 2.76 bits per heavy atom. The van der Waals surface area contributed by atoms with Crippen LogP contribution in [0, 0.1) is 18.7 Å². The maximum atomic E-state index is 13.9. The molecule has 0 atom stereocenters. The van der Waals surface area contributed by atoms with Crippen LogP contribution in [-0.4, -0.2) is 36.2 Å². The lowest BCUT2D eigenvalue weighted by atomic mass is 10.2. The minimum Gasteiger partial charge on any atom is -0.323 e. The zero-order chi connectivity index (χ0) is 21.0. The van der Waals surface area contributed by atoms with E-state index in [9.17, 15) is 9.18 Å². The van der Waals surface area contributed by atoms with Crippen LogP contribution in [0.3, 0.4) is 0 Å². The van der Waals surface area contributed by atoms with Gasteiger partial charge in [-0.15, -0.1) is 10.2 Å². The number of amides is 1. The lowest BCUT2D eigenvalue weighted by Gasteiger charge is -2.13. The van der Waals surface area contributed by atoms with Crippen LogP contribution in [0.5, 0.6) is 0 Å². The van der Waals surface area contributed by atoms with Crippen LogP contribution >= 0.6 is 27.7 Å². The molecule has 2 heterocycles. The van der Waals surface area contributed by atoms with Crippen molar-refractivity contribution in [3.8, 4) is 0 Å². The van der Waals surface area contributed by atoms with E-state index < -0.39 is 5.82 Å². The van der Waals surface area contributed by atoms with Gasteiger partial charge in [0.2, 0.25) is 5.91 Å². The number of nitrogens with zero attached hydrogens (tertiary/aromatic N) is 5. The second-order valence-corrected chi connectivity index (χ2v) is 8.85. The molecule has 10 heteroatoms. The molecule has 0 aliphatic heterocycles. The Balaban J connectivity index is 1.69. The number of aryl methyl sites for hydroxylation is 1. The number of halogens is 2. The number of aromatic nitrogens is 5. The first-order valence-electron chi connectivity index (χ1n) is 9.11. The van der Waals surface area contributed by atoms with Gasteiger partial charge in [-0.05, 0) is 37.1 Å². The lowest BCUT2D eigenvalue weighted by Crippen LogP contribution is -2.17. The summed E-state index contributed by atoms with van der Waals surface area (Å²) in [6.45, 7) is 7.45. The smallest absolute Gasteiger partial charge is 0.234 e. The number of nitrogens with one attached hydrogen (secondary N) is 1. The molecule has 7 nitrogen and oxygen atoms in total. The first-order valence-corrected chi connectivity index (χ1v) is 10.9. The summed E-state index contributed by atoms with van der Waals surface area (Å²) in [5.74, 6) is 0.477. The van der Waals surface area contributed by atoms with Crippen molar-refractivity contribution in [3.05, 3.63) is 52.3 Å². The van der Waals surface area contributed by atoms with Gasteiger partial charge in [-0.25, -0.2) is 4.39 Å². The van der Waals surface area contributed by atoms with Crippen LogP contribution in [0.1, 0.15) is 25.4 Å². The molecular weight excluding hydrogens is 459 g/mol. The zero-order valence-electron chi connectivity index (χ0n) is 16.4. The van der Waals surface area contributed by atoms with Crippen LogP contribution < -0.4 is 5.32 Å². The van der Waals surface area contributed by atoms with Gasteiger partial charge in [0.25, 0.3) is 0 Å². The number of thioether (sulfide) groups is 1. The molecule has 0 saturated carbocycles. The van der Waals surface area contributed by atoms with Crippen molar-refractivity contribution in [2.45, 2.75) is 39.0 Å². The van der Waals surface area contributed by atoms with Crippen molar-refractivity contribution < 1.29 is 9.18 Å². The molecule has 1 aromatic carbocycles. The first-order chi connectivity index (χ1) is 13.8. The molecule has 0 spiro atoms. The Hall–Kier alpha value is -2.20. The van der Waals surface area contributed by atoms with E-state index in [1.54, 1.807) is 12.3 Å². The van der Waals surface area contributed by atoms with E-state index in [4.69, 9.17) is 0 Å². The molecule has 0 aliphatic carbocycles. The summed E-state index contributed by atoms with van der Waals surface area (Å²) in [4.78, 5) is 12.3. The topological polar surface area (TPSA) is 77.6 Å². The van der Waals surface area contributed by atoms with Crippen LogP contribution in [0.2, 0.25) is 0 Å². The predicted molar refractivity (Wildman–Crippen MR) is 114 cm³/mol. The molecule has 0 saturated heterocycles.